The lowest BCUT2D eigenvalue weighted by atomic mass is 10.1. The lowest BCUT2D eigenvalue weighted by Crippen LogP contribution is -2.37. The molecule has 1 aliphatic rings. The number of nitrogens with one attached hydrogen (secondary N) is 1. The zero-order valence-electron chi connectivity index (χ0n) is 13.2. The normalized spacial score (nSPS) is 16.4. The second-order valence-corrected chi connectivity index (χ2v) is 5.83. The predicted molar refractivity (Wildman–Crippen MR) is 91.4 cm³/mol. The van der Waals surface area contributed by atoms with Crippen LogP contribution in [0.3, 0.4) is 0 Å². The number of para-hydroxylation sites is 2. The van der Waals surface area contributed by atoms with Gasteiger partial charge in [0.05, 0.1) is 5.69 Å². The van der Waals surface area contributed by atoms with Crippen LogP contribution in [0.15, 0.2) is 54.6 Å². The van der Waals surface area contributed by atoms with E-state index in [1.54, 1.807) is 0 Å². The summed E-state index contributed by atoms with van der Waals surface area (Å²) in [6, 6.07) is 18.9. The standard InChI is InChI=1S/C19H24N2O/c1-20-18-9-5-6-10-19(18)22-17-11-13-21(14-12-17)15-16-7-3-2-4-8-16/h2-10,17,20H,11-15H2,1H3. The molecular weight excluding hydrogens is 272 g/mol. The Bertz CT molecular complexity index is 577. The van der Waals surface area contributed by atoms with Gasteiger partial charge >= 0.3 is 0 Å². The lowest BCUT2D eigenvalue weighted by Gasteiger charge is -2.32. The van der Waals surface area contributed by atoms with Crippen LogP contribution in [0.1, 0.15) is 18.4 Å². The second-order valence-electron chi connectivity index (χ2n) is 5.83. The maximum Gasteiger partial charge on any atom is 0.142 e. The number of ether oxygens (including phenoxy) is 1. The van der Waals surface area contributed by atoms with Crippen LogP contribution in [0.25, 0.3) is 0 Å². The average molecular weight is 296 g/mol. The summed E-state index contributed by atoms with van der Waals surface area (Å²) in [5.41, 5.74) is 2.46. The van der Waals surface area contributed by atoms with Gasteiger partial charge in [0.2, 0.25) is 0 Å². The molecule has 3 nitrogen and oxygen atoms in total. The Morgan fingerprint density at radius 2 is 1.68 bits per heavy atom. The first-order valence-corrected chi connectivity index (χ1v) is 8.05. The molecule has 1 aliphatic heterocycles. The molecule has 2 aromatic rings. The zero-order valence-corrected chi connectivity index (χ0v) is 13.2. The van der Waals surface area contributed by atoms with Gasteiger partial charge in [-0.2, -0.15) is 0 Å². The highest BCUT2D eigenvalue weighted by Gasteiger charge is 2.21. The monoisotopic (exact) mass is 296 g/mol. The van der Waals surface area contributed by atoms with Crippen LogP contribution in [0.2, 0.25) is 0 Å². The van der Waals surface area contributed by atoms with Crippen LogP contribution < -0.4 is 10.1 Å². The number of anilines is 1. The molecule has 3 heteroatoms. The molecule has 0 aromatic heterocycles. The summed E-state index contributed by atoms with van der Waals surface area (Å²) in [4.78, 5) is 2.51. The third-order valence-electron chi connectivity index (χ3n) is 4.23. The van der Waals surface area contributed by atoms with E-state index >= 15 is 0 Å². The maximum atomic E-state index is 6.19. The predicted octanol–water partition coefficient (Wildman–Crippen LogP) is 3.77. The minimum absolute atomic E-state index is 0.321. The molecule has 0 atom stereocenters. The summed E-state index contributed by atoms with van der Waals surface area (Å²) in [5, 5.41) is 3.19. The highest BCUT2D eigenvalue weighted by molar-refractivity contribution is 5.55. The van der Waals surface area contributed by atoms with E-state index in [-0.39, 0.29) is 0 Å². The first kappa shape index (κ1) is 14.9. The summed E-state index contributed by atoms with van der Waals surface area (Å²) < 4.78 is 6.19. The van der Waals surface area contributed by atoms with Crippen molar-refractivity contribution in [2.45, 2.75) is 25.5 Å². The third kappa shape index (κ3) is 3.80. The summed E-state index contributed by atoms with van der Waals surface area (Å²) in [5.74, 6) is 0.964. The van der Waals surface area contributed by atoms with E-state index in [9.17, 15) is 0 Å². The summed E-state index contributed by atoms with van der Waals surface area (Å²) in [6.07, 6.45) is 2.50. The molecular formula is C19H24N2O. The van der Waals surface area contributed by atoms with Gasteiger partial charge in [0.15, 0.2) is 0 Å². The molecule has 1 N–H and O–H groups in total. The topological polar surface area (TPSA) is 24.5 Å². The fourth-order valence-electron chi connectivity index (χ4n) is 2.98. The number of piperidine rings is 1. The van der Waals surface area contributed by atoms with Crippen molar-refractivity contribution in [1.82, 2.24) is 4.90 Å². The number of rotatable bonds is 5. The van der Waals surface area contributed by atoms with Crippen molar-refractivity contribution in [3.63, 3.8) is 0 Å². The van der Waals surface area contributed by atoms with Gasteiger partial charge in [-0.1, -0.05) is 42.5 Å². The van der Waals surface area contributed by atoms with E-state index in [0.29, 0.717) is 6.10 Å². The Morgan fingerprint density at radius 3 is 2.41 bits per heavy atom. The SMILES string of the molecule is CNc1ccccc1OC1CCN(Cc2ccccc2)CC1. The molecule has 1 saturated heterocycles. The average Bonchev–Trinajstić information content (AvgIpc) is 2.58. The van der Waals surface area contributed by atoms with Crippen LogP contribution in [0, 0.1) is 0 Å². The fraction of sp³-hybridized carbons (Fsp3) is 0.368. The molecule has 1 fully saturated rings. The largest absolute Gasteiger partial charge is 0.488 e. The lowest BCUT2D eigenvalue weighted by molar-refractivity contribution is 0.0973. The quantitative estimate of drug-likeness (QED) is 0.909. The van der Waals surface area contributed by atoms with Crippen molar-refractivity contribution in [2.24, 2.45) is 0 Å². The Morgan fingerprint density at radius 1 is 1.00 bits per heavy atom. The number of hydrogen-bond donors (Lipinski definition) is 1. The van der Waals surface area contributed by atoms with Gasteiger partial charge in [0.1, 0.15) is 11.9 Å². The number of benzene rings is 2. The molecule has 116 valence electrons. The summed E-state index contributed by atoms with van der Waals surface area (Å²) in [6.45, 7) is 3.24. The fourth-order valence-corrected chi connectivity index (χ4v) is 2.98. The first-order valence-electron chi connectivity index (χ1n) is 8.05. The summed E-state index contributed by atoms with van der Waals surface area (Å²) >= 11 is 0. The highest BCUT2D eigenvalue weighted by atomic mass is 16.5. The van der Waals surface area contributed by atoms with Crippen molar-refractivity contribution >= 4 is 5.69 Å². The van der Waals surface area contributed by atoms with E-state index in [1.165, 1.54) is 5.56 Å². The molecule has 0 spiro atoms. The molecule has 22 heavy (non-hydrogen) atoms. The van der Waals surface area contributed by atoms with Gasteiger partial charge in [0.25, 0.3) is 0 Å². The van der Waals surface area contributed by atoms with Gasteiger partial charge in [-0.05, 0) is 30.5 Å². The molecule has 0 radical (unpaired) electrons. The van der Waals surface area contributed by atoms with Crippen molar-refractivity contribution in [3.8, 4) is 5.75 Å². The Kier molecular flexibility index (Phi) is 4.96. The number of nitrogens with zero attached hydrogens (tertiary/aromatic N) is 1. The van der Waals surface area contributed by atoms with Crippen molar-refractivity contribution in [2.75, 3.05) is 25.5 Å². The Balaban J connectivity index is 1.51. The highest BCUT2D eigenvalue weighted by Crippen LogP contribution is 2.27. The Labute approximate surface area is 132 Å². The molecule has 0 amide bonds. The van der Waals surface area contributed by atoms with Crippen LogP contribution in [0.5, 0.6) is 5.75 Å². The van der Waals surface area contributed by atoms with E-state index in [0.717, 1.165) is 43.9 Å². The van der Waals surface area contributed by atoms with E-state index in [2.05, 4.69) is 46.6 Å². The zero-order chi connectivity index (χ0) is 15.2. The third-order valence-corrected chi connectivity index (χ3v) is 4.23. The van der Waals surface area contributed by atoms with Crippen molar-refractivity contribution in [3.05, 3.63) is 60.2 Å². The first-order chi connectivity index (χ1) is 10.8. The molecule has 0 bridgehead atoms. The summed E-state index contributed by atoms with van der Waals surface area (Å²) in [7, 11) is 1.94. The van der Waals surface area contributed by atoms with Crippen LogP contribution in [0.4, 0.5) is 5.69 Å². The number of likely N-dealkylation sites (tertiary alicyclic amines) is 1. The molecule has 3 rings (SSSR count). The van der Waals surface area contributed by atoms with Crippen LogP contribution in [-0.4, -0.2) is 31.1 Å². The van der Waals surface area contributed by atoms with Crippen molar-refractivity contribution in [1.29, 1.82) is 0 Å². The molecule has 0 saturated carbocycles. The van der Waals surface area contributed by atoms with Crippen LogP contribution in [-0.2, 0) is 6.54 Å². The minimum atomic E-state index is 0.321. The van der Waals surface area contributed by atoms with E-state index in [1.807, 2.05) is 25.2 Å². The smallest absolute Gasteiger partial charge is 0.142 e. The van der Waals surface area contributed by atoms with E-state index in [4.69, 9.17) is 4.74 Å². The molecule has 1 heterocycles. The second kappa shape index (κ2) is 7.32. The molecule has 0 unspecified atom stereocenters. The van der Waals surface area contributed by atoms with E-state index < -0.39 is 0 Å². The number of hydrogen-bond acceptors (Lipinski definition) is 3. The molecule has 2 aromatic carbocycles. The molecule has 0 aliphatic carbocycles. The Hall–Kier alpha value is -2.00. The van der Waals surface area contributed by atoms with Crippen molar-refractivity contribution < 1.29 is 4.74 Å². The maximum absolute atomic E-state index is 6.19. The van der Waals surface area contributed by atoms with Gasteiger partial charge < -0.3 is 10.1 Å². The van der Waals surface area contributed by atoms with Gasteiger partial charge in [-0.3, -0.25) is 4.90 Å². The van der Waals surface area contributed by atoms with Gasteiger partial charge in [0, 0.05) is 26.7 Å². The minimum Gasteiger partial charge on any atom is -0.488 e. The van der Waals surface area contributed by atoms with Gasteiger partial charge in [-0.25, -0.2) is 0 Å². The van der Waals surface area contributed by atoms with Gasteiger partial charge in [-0.15, -0.1) is 0 Å². The van der Waals surface area contributed by atoms with Crippen LogP contribution >= 0.6 is 0 Å².